The second-order valence-corrected chi connectivity index (χ2v) is 6.74. The van der Waals surface area contributed by atoms with Crippen molar-refractivity contribution in [3.63, 3.8) is 0 Å². The molecule has 20 heavy (non-hydrogen) atoms. The van der Waals surface area contributed by atoms with Crippen LogP contribution in [-0.2, 0) is 4.79 Å². The minimum atomic E-state index is 0. The molecule has 2 fully saturated rings. The average Bonchev–Trinajstić information content (AvgIpc) is 2.48. The standard InChI is InChI=1S/C16H30N2O.ClH/c1-18(14-8-4-2-5-9-14)15(19)12-16(13-17)10-6-3-7-11-16;/h14H,2-13,17H2,1H3;1H. The second-order valence-electron chi connectivity index (χ2n) is 6.74. The summed E-state index contributed by atoms with van der Waals surface area (Å²) in [7, 11) is 2.01. The quantitative estimate of drug-likeness (QED) is 0.864. The minimum Gasteiger partial charge on any atom is -0.343 e. The Labute approximate surface area is 130 Å². The Bertz CT molecular complexity index is 297. The smallest absolute Gasteiger partial charge is 0.223 e. The van der Waals surface area contributed by atoms with Crippen LogP contribution < -0.4 is 5.73 Å². The first-order valence-electron chi connectivity index (χ1n) is 8.13. The van der Waals surface area contributed by atoms with Gasteiger partial charge in [-0.25, -0.2) is 0 Å². The summed E-state index contributed by atoms with van der Waals surface area (Å²) in [6.07, 6.45) is 13.1. The number of halogens is 1. The first kappa shape index (κ1) is 17.8. The predicted molar refractivity (Wildman–Crippen MR) is 86.1 cm³/mol. The third-order valence-corrected chi connectivity index (χ3v) is 5.39. The Hall–Kier alpha value is -0.280. The zero-order chi connectivity index (χ0) is 13.7. The van der Waals surface area contributed by atoms with Gasteiger partial charge in [-0.2, -0.15) is 0 Å². The molecule has 0 atom stereocenters. The molecule has 1 amide bonds. The van der Waals surface area contributed by atoms with Crippen LogP contribution in [-0.4, -0.2) is 30.4 Å². The second kappa shape index (κ2) is 8.23. The number of nitrogens with two attached hydrogens (primary N) is 1. The van der Waals surface area contributed by atoms with E-state index in [0.29, 0.717) is 24.9 Å². The molecule has 0 aromatic carbocycles. The summed E-state index contributed by atoms with van der Waals surface area (Å²) >= 11 is 0. The number of carbonyl (C=O) groups is 1. The van der Waals surface area contributed by atoms with E-state index in [0.717, 1.165) is 12.8 Å². The van der Waals surface area contributed by atoms with Gasteiger partial charge in [-0.1, -0.05) is 38.5 Å². The van der Waals surface area contributed by atoms with Crippen LogP contribution in [0.1, 0.15) is 70.6 Å². The van der Waals surface area contributed by atoms with Crippen LogP contribution in [0.5, 0.6) is 0 Å². The Morgan fingerprint density at radius 1 is 1.10 bits per heavy atom. The van der Waals surface area contributed by atoms with Crippen LogP contribution in [0.15, 0.2) is 0 Å². The van der Waals surface area contributed by atoms with Crippen LogP contribution in [0.3, 0.4) is 0 Å². The van der Waals surface area contributed by atoms with Gasteiger partial charge in [0.1, 0.15) is 0 Å². The van der Waals surface area contributed by atoms with E-state index in [1.54, 1.807) is 0 Å². The van der Waals surface area contributed by atoms with Gasteiger partial charge in [0.25, 0.3) is 0 Å². The molecule has 0 spiro atoms. The number of carbonyl (C=O) groups excluding carboxylic acids is 1. The molecule has 0 saturated heterocycles. The van der Waals surface area contributed by atoms with Crippen molar-refractivity contribution in [2.75, 3.05) is 13.6 Å². The van der Waals surface area contributed by atoms with E-state index in [4.69, 9.17) is 5.73 Å². The van der Waals surface area contributed by atoms with Crippen LogP contribution in [0.4, 0.5) is 0 Å². The molecule has 2 rings (SSSR count). The van der Waals surface area contributed by atoms with Gasteiger partial charge in [0.05, 0.1) is 0 Å². The lowest BCUT2D eigenvalue weighted by Crippen LogP contribution is -2.43. The Balaban J connectivity index is 0.00000200. The highest BCUT2D eigenvalue weighted by molar-refractivity contribution is 5.85. The maximum Gasteiger partial charge on any atom is 0.223 e. The SMILES string of the molecule is CN(C(=O)CC1(CN)CCCCC1)C1CCCCC1.Cl. The highest BCUT2D eigenvalue weighted by Crippen LogP contribution is 2.39. The largest absolute Gasteiger partial charge is 0.343 e. The number of hydrogen-bond acceptors (Lipinski definition) is 2. The van der Waals surface area contributed by atoms with Crippen LogP contribution in [0.2, 0.25) is 0 Å². The van der Waals surface area contributed by atoms with Gasteiger partial charge >= 0.3 is 0 Å². The molecule has 2 saturated carbocycles. The summed E-state index contributed by atoms with van der Waals surface area (Å²) in [5, 5.41) is 0. The number of rotatable bonds is 4. The summed E-state index contributed by atoms with van der Waals surface area (Å²) in [5.74, 6) is 0.333. The molecule has 118 valence electrons. The van der Waals surface area contributed by atoms with Crippen molar-refractivity contribution < 1.29 is 4.79 Å². The third-order valence-electron chi connectivity index (χ3n) is 5.39. The van der Waals surface area contributed by atoms with Crippen LogP contribution >= 0.6 is 12.4 Å². The van der Waals surface area contributed by atoms with Gasteiger partial charge < -0.3 is 10.6 Å². The van der Waals surface area contributed by atoms with E-state index in [1.165, 1.54) is 51.4 Å². The van der Waals surface area contributed by atoms with Crippen molar-refractivity contribution in [1.82, 2.24) is 4.90 Å². The van der Waals surface area contributed by atoms with E-state index >= 15 is 0 Å². The first-order valence-corrected chi connectivity index (χ1v) is 8.13. The van der Waals surface area contributed by atoms with E-state index in [2.05, 4.69) is 0 Å². The normalized spacial score (nSPS) is 22.9. The Morgan fingerprint density at radius 3 is 2.20 bits per heavy atom. The minimum absolute atomic E-state index is 0. The van der Waals surface area contributed by atoms with E-state index in [9.17, 15) is 4.79 Å². The molecule has 4 heteroatoms. The summed E-state index contributed by atoms with van der Waals surface area (Å²) in [4.78, 5) is 14.6. The van der Waals surface area contributed by atoms with Crippen LogP contribution in [0.25, 0.3) is 0 Å². The molecular formula is C16H31ClN2O. The molecule has 0 bridgehead atoms. The molecule has 2 N–H and O–H groups in total. The summed E-state index contributed by atoms with van der Waals surface area (Å²) in [6.45, 7) is 0.678. The average molecular weight is 303 g/mol. The predicted octanol–water partition coefficient (Wildman–Crippen LogP) is 3.50. The van der Waals surface area contributed by atoms with Crippen molar-refractivity contribution in [3.8, 4) is 0 Å². The van der Waals surface area contributed by atoms with Crippen molar-refractivity contribution in [2.45, 2.75) is 76.7 Å². The van der Waals surface area contributed by atoms with Gasteiger partial charge in [0, 0.05) is 19.5 Å². The lowest BCUT2D eigenvalue weighted by molar-refractivity contribution is -0.135. The molecular weight excluding hydrogens is 272 g/mol. The lowest BCUT2D eigenvalue weighted by atomic mass is 9.71. The fourth-order valence-corrected chi connectivity index (χ4v) is 3.87. The fraction of sp³-hybridized carbons (Fsp3) is 0.938. The van der Waals surface area contributed by atoms with Crippen molar-refractivity contribution in [2.24, 2.45) is 11.1 Å². The zero-order valence-corrected chi connectivity index (χ0v) is 13.7. The molecule has 0 aromatic heterocycles. The first-order chi connectivity index (χ1) is 9.17. The summed E-state index contributed by atoms with van der Waals surface area (Å²) < 4.78 is 0. The maximum atomic E-state index is 12.5. The molecule has 0 heterocycles. The molecule has 3 nitrogen and oxygen atoms in total. The van der Waals surface area contributed by atoms with Crippen molar-refractivity contribution >= 4 is 18.3 Å². The topological polar surface area (TPSA) is 46.3 Å². The summed E-state index contributed by atoms with van der Waals surface area (Å²) in [5.41, 5.74) is 6.10. The molecule has 0 aromatic rings. The highest BCUT2D eigenvalue weighted by atomic mass is 35.5. The third kappa shape index (κ3) is 4.36. The van der Waals surface area contributed by atoms with Crippen molar-refractivity contribution in [3.05, 3.63) is 0 Å². The van der Waals surface area contributed by atoms with Gasteiger partial charge in [-0.15, -0.1) is 12.4 Å². The Kier molecular flexibility index (Phi) is 7.32. The lowest BCUT2D eigenvalue weighted by Gasteiger charge is -2.39. The Morgan fingerprint density at radius 2 is 1.65 bits per heavy atom. The van der Waals surface area contributed by atoms with E-state index in [-0.39, 0.29) is 17.8 Å². The van der Waals surface area contributed by atoms with Gasteiger partial charge in [0.15, 0.2) is 0 Å². The zero-order valence-electron chi connectivity index (χ0n) is 12.9. The van der Waals surface area contributed by atoms with E-state index < -0.39 is 0 Å². The maximum absolute atomic E-state index is 12.5. The molecule has 0 radical (unpaired) electrons. The summed E-state index contributed by atoms with van der Waals surface area (Å²) in [6, 6.07) is 0.486. The highest BCUT2D eigenvalue weighted by Gasteiger charge is 2.35. The molecule has 2 aliphatic rings. The van der Waals surface area contributed by atoms with Crippen molar-refractivity contribution in [1.29, 1.82) is 0 Å². The van der Waals surface area contributed by atoms with Gasteiger partial charge in [-0.05, 0) is 37.6 Å². The number of nitrogens with zero attached hydrogens (tertiary/aromatic N) is 1. The molecule has 2 aliphatic carbocycles. The number of hydrogen-bond donors (Lipinski definition) is 1. The van der Waals surface area contributed by atoms with Gasteiger partial charge in [0.2, 0.25) is 5.91 Å². The van der Waals surface area contributed by atoms with E-state index in [1.807, 2.05) is 11.9 Å². The molecule has 0 unspecified atom stereocenters. The number of amides is 1. The monoisotopic (exact) mass is 302 g/mol. The molecule has 0 aliphatic heterocycles. The van der Waals surface area contributed by atoms with Crippen LogP contribution in [0, 0.1) is 5.41 Å². The van der Waals surface area contributed by atoms with Gasteiger partial charge in [-0.3, -0.25) is 4.79 Å². The fourth-order valence-electron chi connectivity index (χ4n) is 3.87.